The molecule has 0 atom stereocenters. The Morgan fingerprint density at radius 3 is 2.52 bits per heavy atom. The lowest BCUT2D eigenvalue weighted by molar-refractivity contribution is 1.37. The molecule has 0 aliphatic carbocycles. The molecule has 21 heavy (non-hydrogen) atoms. The molecule has 0 N–H and O–H groups in total. The predicted molar refractivity (Wildman–Crippen MR) is 86.0 cm³/mol. The number of rotatable bonds is 2. The standard InChI is InChI=1S/C15H8Cl2N4/c16-10-6-7-12-11(8-10)15(20-21-18)13(17)14(19-12)9-4-2-1-3-5-9/h1-8H. The average Bonchev–Trinajstić information content (AvgIpc) is 2.51. The van der Waals surface area contributed by atoms with Crippen molar-refractivity contribution in [2.24, 2.45) is 5.11 Å². The summed E-state index contributed by atoms with van der Waals surface area (Å²) in [6, 6.07) is 14.7. The van der Waals surface area contributed by atoms with Gasteiger partial charge in [-0.3, -0.25) is 0 Å². The zero-order valence-corrected chi connectivity index (χ0v) is 12.2. The van der Waals surface area contributed by atoms with Crippen LogP contribution in [0.4, 0.5) is 5.69 Å². The number of aromatic nitrogens is 1. The van der Waals surface area contributed by atoms with Crippen LogP contribution in [-0.2, 0) is 0 Å². The molecule has 6 heteroatoms. The molecule has 2 aromatic carbocycles. The van der Waals surface area contributed by atoms with Gasteiger partial charge in [-0.1, -0.05) is 58.6 Å². The Balaban J connectivity index is 2.40. The first-order chi connectivity index (χ1) is 10.2. The molecule has 0 amide bonds. The van der Waals surface area contributed by atoms with Gasteiger partial charge in [0.2, 0.25) is 0 Å². The van der Waals surface area contributed by atoms with Gasteiger partial charge in [0.1, 0.15) is 0 Å². The van der Waals surface area contributed by atoms with Gasteiger partial charge >= 0.3 is 0 Å². The van der Waals surface area contributed by atoms with Crippen molar-refractivity contribution in [1.82, 2.24) is 4.98 Å². The Bertz CT molecular complexity index is 872. The highest BCUT2D eigenvalue weighted by atomic mass is 35.5. The number of fused-ring (bicyclic) bond motifs is 1. The van der Waals surface area contributed by atoms with E-state index in [-0.39, 0.29) is 0 Å². The van der Waals surface area contributed by atoms with E-state index in [0.29, 0.717) is 32.3 Å². The van der Waals surface area contributed by atoms with Crippen LogP contribution in [0.25, 0.3) is 32.6 Å². The molecule has 0 saturated heterocycles. The number of azide groups is 1. The van der Waals surface area contributed by atoms with E-state index in [9.17, 15) is 0 Å². The van der Waals surface area contributed by atoms with Crippen LogP contribution in [0.3, 0.4) is 0 Å². The van der Waals surface area contributed by atoms with Gasteiger partial charge in [0, 0.05) is 20.9 Å². The van der Waals surface area contributed by atoms with Crippen LogP contribution >= 0.6 is 23.2 Å². The molecule has 0 fully saturated rings. The average molecular weight is 315 g/mol. The molecule has 0 radical (unpaired) electrons. The highest BCUT2D eigenvalue weighted by molar-refractivity contribution is 6.37. The normalized spacial score (nSPS) is 10.4. The van der Waals surface area contributed by atoms with E-state index in [1.807, 2.05) is 30.3 Å². The quantitative estimate of drug-likeness (QED) is 0.318. The molecule has 0 bridgehead atoms. The van der Waals surface area contributed by atoms with Gasteiger partial charge in [-0.05, 0) is 23.7 Å². The molecule has 1 aromatic heterocycles. The number of hydrogen-bond acceptors (Lipinski definition) is 2. The van der Waals surface area contributed by atoms with Crippen molar-refractivity contribution in [2.45, 2.75) is 0 Å². The molecule has 3 aromatic rings. The summed E-state index contributed by atoms with van der Waals surface area (Å²) in [6.07, 6.45) is 0. The van der Waals surface area contributed by atoms with Crippen molar-refractivity contribution < 1.29 is 0 Å². The Labute approximate surface area is 130 Å². The molecular formula is C15H8Cl2N4. The van der Waals surface area contributed by atoms with Crippen molar-refractivity contribution in [3.05, 3.63) is 69.0 Å². The van der Waals surface area contributed by atoms with Crippen molar-refractivity contribution in [3.63, 3.8) is 0 Å². The predicted octanol–water partition coefficient (Wildman–Crippen LogP) is 6.15. The summed E-state index contributed by atoms with van der Waals surface area (Å²) in [5, 5.41) is 5.18. The van der Waals surface area contributed by atoms with Gasteiger partial charge in [-0.25, -0.2) is 4.98 Å². The summed E-state index contributed by atoms with van der Waals surface area (Å²) in [4.78, 5) is 7.41. The van der Waals surface area contributed by atoms with Crippen LogP contribution in [0.5, 0.6) is 0 Å². The Morgan fingerprint density at radius 2 is 1.81 bits per heavy atom. The lowest BCUT2D eigenvalue weighted by Gasteiger charge is -2.10. The number of halogens is 2. The molecule has 4 nitrogen and oxygen atoms in total. The smallest absolute Gasteiger partial charge is 0.0900 e. The fourth-order valence-electron chi connectivity index (χ4n) is 2.13. The summed E-state index contributed by atoms with van der Waals surface area (Å²) in [5.74, 6) is 0. The van der Waals surface area contributed by atoms with Crippen LogP contribution in [0.1, 0.15) is 0 Å². The molecule has 102 valence electrons. The van der Waals surface area contributed by atoms with Gasteiger partial charge in [0.25, 0.3) is 0 Å². The van der Waals surface area contributed by atoms with E-state index in [1.165, 1.54) is 0 Å². The summed E-state index contributed by atoms with van der Waals surface area (Å²) >= 11 is 12.4. The van der Waals surface area contributed by atoms with Gasteiger partial charge in [-0.2, -0.15) is 0 Å². The van der Waals surface area contributed by atoms with Crippen molar-refractivity contribution >= 4 is 39.8 Å². The van der Waals surface area contributed by atoms with Gasteiger partial charge in [-0.15, -0.1) is 0 Å². The molecule has 0 aliphatic rings. The third-order valence-corrected chi connectivity index (χ3v) is 3.65. The minimum atomic E-state index is 0.314. The summed E-state index contributed by atoms with van der Waals surface area (Å²) in [6.45, 7) is 0. The Kier molecular flexibility index (Phi) is 3.67. The molecular weight excluding hydrogens is 307 g/mol. The highest BCUT2D eigenvalue weighted by Gasteiger charge is 2.14. The molecule has 0 aliphatic heterocycles. The summed E-state index contributed by atoms with van der Waals surface area (Å²) in [5.41, 5.74) is 11.2. The van der Waals surface area contributed by atoms with Crippen LogP contribution < -0.4 is 0 Å². The van der Waals surface area contributed by atoms with Crippen molar-refractivity contribution in [2.75, 3.05) is 0 Å². The first-order valence-corrected chi connectivity index (χ1v) is 6.85. The van der Waals surface area contributed by atoms with Crippen molar-refractivity contribution in [3.8, 4) is 11.3 Å². The largest absolute Gasteiger partial charge is 0.246 e. The lowest BCUT2D eigenvalue weighted by atomic mass is 10.1. The summed E-state index contributed by atoms with van der Waals surface area (Å²) < 4.78 is 0. The minimum Gasteiger partial charge on any atom is -0.246 e. The van der Waals surface area contributed by atoms with Gasteiger partial charge in [0.05, 0.1) is 21.9 Å². The second kappa shape index (κ2) is 5.62. The number of hydrogen-bond donors (Lipinski definition) is 0. The third-order valence-electron chi connectivity index (χ3n) is 3.05. The first-order valence-electron chi connectivity index (χ1n) is 6.10. The molecule has 0 saturated carbocycles. The van der Waals surface area contributed by atoms with Crippen molar-refractivity contribution in [1.29, 1.82) is 0 Å². The maximum atomic E-state index is 8.78. The van der Waals surface area contributed by atoms with Crippen LogP contribution in [0.2, 0.25) is 10.0 Å². The van der Waals surface area contributed by atoms with E-state index in [4.69, 9.17) is 28.7 Å². The fourth-order valence-corrected chi connectivity index (χ4v) is 2.59. The lowest BCUT2D eigenvalue weighted by Crippen LogP contribution is -1.88. The van der Waals surface area contributed by atoms with E-state index in [0.717, 1.165) is 5.56 Å². The fraction of sp³-hybridized carbons (Fsp3) is 0. The van der Waals surface area contributed by atoms with E-state index in [1.54, 1.807) is 18.2 Å². The highest BCUT2D eigenvalue weighted by Crippen LogP contribution is 2.40. The molecule has 1 heterocycles. The third kappa shape index (κ3) is 2.52. The van der Waals surface area contributed by atoms with Gasteiger partial charge in [0.15, 0.2) is 0 Å². The topological polar surface area (TPSA) is 61.7 Å². The van der Waals surface area contributed by atoms with E-state index >= 15 is 0 Å². The molecule has 0 unspecified atom stereocenters. The summed E-state index contributed by atoms with van der Waals surface area (Å²) in [7, 11) is 0. The van der Waals surface area contributed by atoms with Crippen LogP contribution in [0.15, 0.2) is 53.6 Å². The zero-order chi connectivity index (χ0) is 14.8. The first kappa shape index (κ1) is 13.7. The second-order valence-electron chi connectivity index (χ2n) is 4.34. The zero-order valence-electron chi connectivity index (χ0n) is 10.7. The molecule has 3 rings (SSSR count). The number of nitrogens with zero attached hydrogens (tertiary/aromatic N) is 4. The van der Waals surface area contributed by atoms with Crippen LogP contribution in [0, 0.1) is 0 Å². The minimum absolute atomic E-state index is 0.314. The maximum absolute atomic E-state index is 8.78. The monoisotopic (exact) mass is 314 g/mol. The Morgan fingerprint density at radius 1 is 1.05 bits per heavy atom. The number of benzene rings is 2. The Hall–Kier alpha value is -2.26. The van der Waals surface area contributed by atoms with E-state index < -0.39 is 0 Å². The van der Waals surface area contributed by atoms with E-state index in [2.05, 4.69) is 15.0 Å². The second-order valence-corrected chi connectivity index (χ2v) is 5.15. The SMILES string of the molecule is [N-]=[N+]=Nc1c(Cl)c(-c2ccccc2)nc2ccc(Cl)cc12. The van der Waals surface area contributed by atoms with Gasteiger partial charge < -0.3 is 0 Å². The van der Waals surface area contributed by atoms with Crippen LogP contribution in [-0.4, -0.2) is 4.98 Å². The molecule has 0 spiro atoms. The maximum Gasteiger partial charge on any atom is 0.0900 e. The number of pyridine rings is 1.